The lowest BCUT2D eigenvalue weighted by molar-refractivity contribution is 0.0235. The first-order valence-electron chi connectivity index (χ1n) is 11.4. The van der Waals surface area contributed by atoms with E-state index in [0.29, 0.717) is 12.3 Å². The fourth-order valence-electron chi connectivity index (χ4n) is 5.32. The van der Waals surface area contributed by atoms with Crippen molar-refractivity contribution in [3.05, 3.63) is 70.8 Å². The quantitative estimate of drug-likeness (QED) is 0.481. The average Bonchev–Trinajstić information content (AvgIpc) is 3.27. The molecule has 0 aliphatic carbocycles. The molecule has 3 aromatic carbocycles. The topological polar surface area (TPSA) is 42.0 Å². The van der Waals surface area contributed by atoms with Crippen molar-refractivity contribution in [2.75, 3.05) is 20.4 Å². The van der Waals surface area contributed by atoms with E-state index in [9.17, 15) is 4.79 Å². The highest BCUT2D eigenvalue weighted by Crippen LogP contribution is 2.38. The van der Waals surface area contributed by atoms with E-state index in [0.717, 1.165) is 29.7 Å². The van der Waals surface area contributed by atoms with E-state index in [4.69, 9.17) is 9.47 Å². The summed E-state index contributed by atoms with van der Waals surface area (Å²) >= 11 is 0. The number of rotatable bonds is 5. The number of fused-ring (bicyclic) bond motifs is 3. The Morgan fingerprint density at radius 1 is 1.09 bits per heavy atom. The number of nitrogens with zero attached hydrogens (tertiary/aromatic N) is 2. The summed E-state index contributed by atoms with van der Waals surface area (Å²) in [4.78, 5) is 17.9. The SMILES string of the molecule is CCC(N1CCc2cc3c(cc2C1=O)OCO3)N(C)C(C)c1c(C)ccc2ccccc12.Cl. The molecule has 2 aliphatic heterocycles. The maximum atomic E-state index is 13.6. The third-order valence-electron chi connectivity index (χ3n) is 7.12. The monoisotopic (exact) mass is 466 g/mol. The number of halogens is 1. The molecule has 33 heavy (non-hydrogen) atoms. The molecule has 5 rings (SSSR count). The first kappa shape index (κ1) is 23.4. The minimum Gasteiger partial charge on any atom is -0.454 e. The Bertz CT molecular complexity index is 1200. The van der Waals surface area contributed by atoms with E-state index in [1.807, 2.05) is 17.0 Å². The number of hydrogen-bond donors (Lipinski definition) is 0. The third-order valence-corrected chi connectivity index (χ3v) is 7.12. The van der Waals surface area contributed by atoms with Gasteiger partial charge in [0.15, 0.2) is 11.5 Å². The zero-order chi connectivity index (χ0) is 22.4. The van der Waals surface area contributed by atoms with Crippen LogP contribution in [0.2, 0.25) is 0 Å². The molecule has 0 bridgehead atoms. The van der Waals surface area contributed by atoms with Gasteiger partial charge >= 0.3 is 0 Å². The van der Waals surface area contributed by atoms with Crippen molar-refractivity contribution in [3.63, 3.8) is 0 Å². The van der Waals surface area contributed by atoms with Crippen LogP contribution in [0.15, 0.2) is 48.5 Å². The third kappa shape index (κ3) is 3.94. The van der Waals surface area contributed by atoms with Crippen LogP contribution in [0.5, 0.6) is 11.5 Å². The second-order valence-corrected chi connectivity index (χ2v) is 8.86. The number of carbonyl (C=O) groups excluding carboxylic acids is 1. The number of hydrogen-bond acceptors (Lipinski definition) is 4. The van der Waals surface area contributed by atoms with E-state index < -0.39 is 0 Å². The van der Waals surface area contributed by atoms with Crippen LogP contribution >= 0.6 is 12.4 Å². The standard InChI is InChI=1S/C27H30N2O3.ClH/c1-5-25(28(4)18(3)26-17(2)10-11-19-8-6-7-9-21(19)26)29-13-12-20-14-23-24(32-16-31-23)15-22(20)27(29)30;/h6-11,14-15,18,25H,5,12-13,16H2,1-4H3;1H. The van der Waals surface area contributed by atoms with Gasteiger partial charge in [0.1, 0.15) is 0 Å². The molecule has 0 saturated carbocycles. The average molecular weight is 467 g/mol. The van der Waals surface area contributed by atoms with Crippen molar-refractivity contribution in [2.45, 2.75) is 45.8 Å². The number of amides is 1. The molecule has 0 saturated heterocycles. The summed E-state index contributed by atoms with van der Waals surface area (Å²) in [7, 11) is 2.14. The van der Waals surface area contributed by atoms with Crippen LogP contribution in [0.25, 0.3) is 10.8 Å². The first-order chi connectivity index (χ1) is 15.5. The Balaban J connectivity index is 0.00000259. The highest BCUT2D eigenvalue weighted by Gasteiger charge is 2.35. The smallest absolute Gasteiger partial charge is 0.255 e. The second-order valence-electron chi connectivity index (χ2n) is 8.86. The van der Waals surface area contributed by atoms with Crippen LogP contribution in [0.3, 0.4) is 0 Å². The van der Waals surface area contributed by atoms with Crippen LogP contribution in [0.1, 0.15) is 53.4 Å². The van der Waals surface area contributed by atoms with E-state index in [-0.39, 0.29) is 37.3 Å². The molecular formula is C27H31ClN2O3. The molecule has 174 valence electrons. The highest BCUT2D eigenvalue weighted by molar-refractivity contribution is 5.97. The minimum absolute atomic E-state index is 0. The van der Waals surface area contributed by atoms with Crippen molar-refractivity contribution in [1.82, 2.24) is 9.80 Å². The van der Waals surface area contributed by atoms with E-state index in [1.54, 1.807) is 0 Å². The molecule has 6 heteroatoms. The van der Waals surface area contributed by atoms with E-state index >= 15 is 0 Å². The molecule has 1 amide bonds. The Labute approximate surface area is 201 Å². The summed E-state index contributed by atoms with van der Waals surface area (Å²) in [6.45, 7) is 7.51. The summed E-state index contributed by atoms with van der Waals surface area (Å²) in [5.74, 6) is 1.49. The molecule has 5 nitrogen and oxygen atoms in total. The van der Waals surface area contributed by atoms with E-state index in [2.05, 4.69) is 69.1 Å². The van der Waals surface area contributed by atoms with Gasteiger partial charge in [-0.05, 0) is 73.3 Å². The molecule has 0 fully saturated rings. The number of benzene rings is 3. The summed E-state index contributed by atoms with van der Waals surface area (Å²) in [5, 5.41) is 2.53. The van der Waals surface area contributed by atoms with Crippen molar-refractivity contribution >= 4 is 29.1 Å². The van der Waals surface area contributed by atoms with Gasteiger partial charge in [-0.1, -0.05) is 43.3 Å². The van der Waals surface area contributed by atoms with Gasteiger partial charge < -0.3 is 14.4 Å². The maximum Gasteiger partial charge on any atom is 0.255 e. The first-order valence-corrected chi connectivity index (χ1v) is 11.4. The predicted molar refractivity (Wildman–Crippen MR) is 133 cm³/mol. The second kappa shape index (κ2) is 9.24. The molecule has 3 aromatic rings. The molecule has 2 aliphatic rings. The van der Waals surface area contributed by atoms with Crippen LogP contribution in [0.4, 0.5) is 0 Å². The lowest BCUT2D eigenvalue weighted by Gasteiger charge is -2.43. The van der Waals surface area contributed by atoms with Gasteiger partial charge in [-0.15, -0.1) is 12.4 Å². The molecule has 2 atom stereocenters. The van der Waals surface area contributed by atoms with Gasteiger partial charge in [-0.3, -0.25) is 9.69 Å². The van der Waals surface area contributed by atoms with E-state index in [1.165, 1.54) is 21.9 Å². The lowest BCUT2D eigenvalue weighted by Crippen LogP contribution is -2.52. The molecule has 0 radical (unpaired) electrons. The lowest BCUT2D eigenvalue weighted by atomic mass is 9.93. The Morgan fingerprint density at radius 3 is 2.58 bits per heavy atom. The van der Waals surface area contributed by atoms with Gasteiger partial charge in [0.25, 0.3) is 5.91 Å². The molecule has 0 spiro atoms. The summed E-state index contributed by atoms with van der Waals surface area (Å²) in [6.07, 6.45) is 1.69. The number of aryl methyl sites for hydroxylation is 1. The molecular weight excluding hydrogens is 436 g/mol. The molecule has 0 N–H and O–H groups in total. The summed E-state index contributed by atoms with van der Waals surface area (Å²) < 4.78 is 11.0. The van der Waals surface area contributed by atoms with Crippen LogP contribution in [-0.2, 0) is 6.42 Å². The molecule has 2 unspecified atom stereocenters. The van der Waals surface area contributed by atoms with Crippen LogP contribution in [-0.4, -0.2) is 42.3 Å². The highest BCUT2D eigenvalue weighted by atomic mass is 35.5. The Kier molecular flexibility index (Phi) is 6.55. The summed E-state index contributed by atoms with van der Waals surface area (Å²) in [6, 6.07) is 16.9. The van der Waals surface area contributed by atoms with Crippen molar-refractivity contribution in [1.29, 1.82) is 0 Å². The fourth-order valence-corrected chi connectivity index (χ4v) is 5.32. The van der Waals surface area contributed by atoms with Crippen molar-refractivity contribution in [3.8, 4) is 11.5 Å². The van der Waals surface area contributed by atoms with Crippen molar-refractivity contribution in [2.24, 2.45) is 0 Å². The van der Waals surface area contributed by atoms with Gasteiger partial charge in [0.2, 0.25) is 6.79 Å². The normalized spacial score (nSPS) is 16.5. The zero-order valence-corrected chi connectivity index (χ0v) is 20.4. The number of ether oxygens (including phenoxy) is 2. The maximum absolute atomic E-state index is 13.6. The Morgan fingerprint density at radius 2 is 1.82 bits per heavy atom. The zero-order valence-electron chi connectivity index (χ0n) is 19.6. The van der Waals surface area contributed by atoms with Crippen LogP contribution in [0, 0.1) is 6.92 Å². The van der Waals surface area contributed by atoms with Crippen LogP contribution < -0.4 is 9.47 Å². The number of carbonyl (C=O) groups is 1. The van der Waals surface area contributed by atoms with Gasteiger partial charge in [-0.25, -0.2) is 0 Å². The molecule has 2 heterocycles. The fraction of sp³-hybridized carbons (Fsp3) is 0.370. The van der Waals surface area contributed by atoms with Gasteiger partial charge in [-0.2, -0.15) is 0 Å². The predicted octanol–water partition coefficient (Wildman–Crippen LogP) is 5.73. The summed E-state index contributed by atoms with van der Waals surface area (Å²) in [5.41, 5.74) is 4.39. The molecule has 0 aromatic heterocycles. The van der Waals surface area contributed by atoms with Gasteiger partial charge in [0, 0.05) is 18.2 Å². The van der Waals surface area contributed by atoms with Crippen molar-refractivity contribution < 1.29 is 14.3 Å². The Hall–Kier alpha value is -2.76. The van der Waals surface area contributed by atoms with Gasteiger partial charge in [0.05, 0.1) is 6.17 Å². The minimum atomic E-state index is 0. The largest absolute Gasteiger partial charge is 0.454 e.